The van der Waals surface area contributed by atoms with E-state index in [9.17, 15) is 9.59 Å². The van der Waals surface area contributed by atoms with Gasteiger partial charge in [-0.1, -0.05) is 38.1 Å². The van der Waals surface area contributed by atoms with E-state index in [4.69, 9.17) is 4.74 Å². The molecule has 1 aromatic carbocycles. The van der Waals surface area contributed by atoms with Crippen molar-refractivity contribution in [2.75, 3.05) is 0 Å². The molecular weight excluding hydrogens is 228 g/mol. The highest BCUT2D eigenvalue weighted by molar-refractivity contribution is 5.98. The van der Waals surface area contributed by atoms with Crippen molar-refractivity contribution >= 4 is 11.8 Å². The van der Waals surface area contributed by atoms with E-state index in [0.717, 1.165) is 5.56 Å². The molecule has 18 heavy (non-hydrogen) atoms. The molecule has 1 aromatic rings. The number of esters is 1. The minimum absolute atomic E-state index is 0.110. The van der Waals surface area contributed by atoms with E-state index in [0.29, 0.717) is 12.3 Å². The van der Waals surface area contributed by atoms with Gasteiger partial charge in [0.15, 0.2) is 0 Å². The van der Waals surface area contributed by atoms with Gasteiger partial charge in [0.2, 0.25) is 0 Å². The maximum Gasteiger partial charge on any atom is 0.317 e. The Morgan fingerprint density at radius 3 is 2.33 bits per heavy atom. The molecular formula is C15H18O3. The van der Waals surface area contributed by atoms with Gasteiger partial charge in [-0.2, -0.15) is 0 Å². The Balaban J connectivity index is 2.14. The molecule has 96 valence electrons. The molecule has 2 atom stereocenters. The first-order valence-electron chi connectivity index (χ1n) is 6.30. The maximum atomic E-state index is 11.5. The van der Waals surface area contributed by atoms with Crippen LogP contribution < -0.4 is 0 Å². The topological polar surface area (TPSA) is 43.4 Å². The molecule has 0 aliphatic carbocycles. The molecule has 3 nitrogen and oxygen atoms in total. The van der Waals surface area contributed by atoms with E-state index in [-0.39, 0.29) is 17.9 Å². The number of cyclic esters (lactones) is 1. The van der Waals surface area contributed by atoms with Gasteiger partial charge < -0.3 is 4.74 Å². The number of ketones is 1. The molecule has 1 aliphatic heterocycles. The lowest BCUT2D eigenvalue weighted by Crippen LogP contribution is -2.15. The first-order chi connectivity index (χ1) is 8.49. The Labute approximate surface area is 107 Å². The van der Waals surface area contributed by atoms with Crippen LogP contribution in [0.4, 0.5) is 0 Å². The summed E-state index contributed by atoms with van der Waals surface area (Å²) in [7, 11) is 0. The van der Waals surface area contributed by atoms with Crippen LogP contribution in [-0.2, 0) is 14.3 Å². The fraction of sp³-hybridized carbons (Fsp3) is 0.467. The molecule has 0 bridgehead atoms. The average Bonchev–Trinajstić information content (AvgIpc) is 2.71. The van der Waals surface area contributed by atoms with Crippen molar-refractivity contribution in [3.8, 4) is 0 Å². The standard InChI is InChI=1S/C15H18O3/c1-9(2)11-4-6-12(7-5-11)14-8-13(10(3)16)15(17)18-14/h4-7,9,13-14H,8H2,1-3H3. The highest BCUT2D eigenvalue weighted by Crippen LogP contribution is 2.34. The van der Waals surface area contributed by atoms with Crippen molar-refractivity contribution in [2.24, 2.45) is 5.92 Å². The normalized spacial score (nSPS) is 23.2. The average molecular weight is 246 g/mol. The Bertz CT molecular complexity index is 459. The van der Waals surface area contributed by atoms with Gasteiger partial charge in [-0.05, 0) is 24.0 Å². The lowest BCUT2D eigenvalue weighted by Gasteiger charge is -2.11. The van der Waals surface area contributed by atoms with Gasteiger partial charge in [0, 0.05) is 6.42 Å². The number of hydrogen-bond donors (Lipinski definition) is 0. The highest BCUT2D eigenvalue weighted by Gasteiger charge is 2.38. The molecule has 1 saturated heterocycles. The molecule has 1 aliphatic rings. The van der Waals surface area contributed by atoms with Gasteiger partial charge in [-0.25, -0.2) is 0 Å². The third kappa shape index (κ3) is 2.45. The summed E-state index contributed by atoms with van der Waals surface area (Å²) in [6.45, 7) is 5.71. The van der Waals surface area contributed by atoms with Crippen LogP contribution in [0.1, 0.15) is 50.3 Å². The largest absolute Gasteiger partial charge is 0.457 e. The predicted molar refractivity (Wildman–Crippen MR) is 68.2 cm³/mol. The van der Waals surface area contributed by atoms with Crippen LogP contribution in [0.15, 0.2) is 24.3 Å². The Morgan fingerprint density at radius 2 is 1.89 bits per heavy atom. The van der Waals surface area contributed by atoms with E-state index < -0.39 is 5.92 Å². The molecule has 2 rings (SSSR count). The summed E-state index contributed by atoms with van der Waals surface area (Å²) < 4.78 is 5.26. The number of hydrogen-bond acceptors (Lipinski definition) is 3. The zero-order valence-corrected chi connectivity index (χ0v) is 11.0. The number of carbonyl (C=O) groups is 2. The van der Waals surface area contributed by atoms with Crippen LogP contribution in [0.3, 0.4) is 0 Å². The number of benzene rings is 1. The molecule has 0 amide bonds. The zero-order chi connectivity index (χ0) is 13.3. The van der Waals surface area contributed by atoms with Crippen LogP contribution in [0.5, 0.6) is 0 Å². The molecule has 1 heterocycles. The smallest absolute Gasteiger partial charge is 0.317 e. The third-order valence-corrected chi connectivity index (χ3v) is 3.46. The monoisotopic (exact) mass is 246 g/mol. The van der Waals surface area contributed by atoms with Gasteiger partial charge >= 0.3 is 5.97 Å². The predicted octanol–water partition coefficient (Wildman–Crippen LogP) is 3.00. The van der Waals surface area contributed by atoms with Crippen molar-refractivity contribution in [3.63, 3.8) is 0 Å². The zero-order valence-electron chi connectivity index (χ0n) is 11.0. The van der Waals surface area contributed by atoms with E-state index in [2.05, 4.69) is 26.0 Å². The molecule has 3 heteroatoms. The summed E-state index contributed by atoms with van der Waals surface area (Å²) in [5.74, 6) is -0.600. The quantitative estimate of drug-likeness (QED) is 0.608. The minimum Gasteiger partial charge on any atom is -0.457 e. The molecule has 0 radical (unpaired) electrons. The van der Waals surface area contributed by atoms with Gasteiger partial charge in [-0.3, -0.25) is 9.59 Å². The van der Waals surface area contributed by atoms with Crippen LogP contribution in [0.2, 0.25) is 0 Å². The number of Topliss-reactive ketones (excluding diaryl/α,β-unsaturated/α-hetero) is 1. The van der Waals surface area contributed by atoms with Gasteiger partial charge in [-0.15, -0.1) is 0 Å². The Hall–Kier alpha value is -1.64. The van der Waals surface area contributed by atoms with Gasteiger partial charge in [0.25, 0.3) is 0 Å². The number of rotatable bonds is 3. The van der Waals surface area contributed by atoms with E-state index in [1.807, 2.05) is 12.1 Å². The van der Waals surface area contributed by atoms with Crippen molar-refractivity contribution in [1.82, 2.24) is 0 Å². The summed E-state index contributed by atoms with van der Waals surface area (Å²) in [4.78, 5) is 22.8. The van der Waals surface area contributed by atoms with Crippen molar-refractivity contribution < 1.29 is 14.3 Å². The first kappa shape index (κ1) is 12.8. The van der Waals surface area contributed by atoms with Crippen LogP contribution in [0.25, 0.3) is 0 Å². The Kier molecular flexibility index (Phi) is 3.50. The van der Waals surface area contributed by atoms with E-state index in [1.165, 1.54) is 12.5 Å². The molecule has 0 saturated carbocycles. The molecule has 0 aromatic heterocycles. The van der Waals surface area contributed by atoms with Gasteiger partial charge in [0.1, 0.15) is 17.8 Å². The van der Waals surface area contributed by atoms with Crippen molar-refractivity contribution in [2.45, 2.75) is 39.2 Å². The number of ether oxygens (including phenoxy) is 1. The summed E-state index contributed by atoms with van der Waals surface area (Å²) in [5, 5.41) is 0. The van der Waals surface area contributed by atoms with Crippen molar-refractivity contribution in [1.29, 1.82) is 0 Å². The second-order valence-electron chi connectivity index (χ2n) is 5.15. The highest BCUT2D eigenvalue weighted by atomic mass is 16.6. The summed E-state index contributed by atoms with van der Waals surface area (Å²) >= 11 is 0. The van der Waals surface area contributed by atoms with E-state index >= 15 is 0 Å². The summed E-state index contributed by atoms with van der Waals surface area (Å²) in [6, 6.07) is 8.06. The minimum atomic E-state index is -0.584. The second kappa shape index (κ2) is 4.92. The first-order valence-corrected chi connectivity index (χ1v) is 6.30. The van der Waals surface area contributed by atoms with E-state index in [1.54, 1.807) is 0 Å². The van der Waals surface area contributed by atoms with Crippen LogP contribution >= 0.6 is 0 Å². The van der Waals surface area contributed by atoms with Crippen molar-refractivity contribution in [3.05, 3.63) is 35.4 Å². The fourth-order valence-corrected chi connectivity index (χ4v) is 2.21. The Morgan fingerprint density at radius 1 is 1.28 bits per heavy atom. The lowest BCUT2D eigenvalue weighted by atomic mass is 9.95. The lowest BCUT2D eigenvalue weighted by molar-refractivity contribution is -0.146. The molecule has 2 unspecified atom stereocenters. The molecule has 0 N–H and O–H groups in total. The number of carbonyl (C=O) groups excluding carboxylic acids is 2. The molecule has 0 spiro atoms. The van der Waals surface area contributed by atoms with Crippen LogP contribution in [0, 0.1) is 5.92 Å². The SMILES string of the molecule is CC(=O)C1CC(c2ccc(C(C)C)cc2)OC1=O. The second-order valence-corrected chi connectivity index (χ2v) is 5.15. The third-order valence-electron chi connectivity index (χ3n) is 3.46. The molecule has 1 fully saturated rings. The summed E-state index contributed by atoms with van der Waals surface area (Å²) in [5.41, 5.74) is 2.22. The van der Waals surface area contributed by atoms with Gasteiger partial charge in [0.05, 0.1) is 0 Å². The van der Waals surface area contributed by atoms with Crippen LogP contribution in [-0.4, -0.2) is 11.8 Å². The maximum absolute atomic E-state index is 11.5. The summed E-state index contributed by atoms with van der Waals surface area (Å²) in [6.07, 6.45) is 0.197. The fourth-order valence-electron chi connectivity index (χ4n) is 2.21.